The minimum absolute atomic E-state index is 0.0858. The van der Waals surface area contributed by atoms with Gasteiger partial charge in [-0.2, -0.15) is 0 Å². The number of anilines is 1. The lowest BCUT2D eigenvalue weighted by molar-refractivity contribution is -0.138. The number of ether oxygens (including phenoxy) is 1. The van der Waals surface area contributed by atoms with Gasteiger partial charge < -0.3 is 15.0 Å². The number of carbonyl (C=O) groups excluding carboxylic acids is 2. The highest BCUT2D eigenvalue weighted by Crippen LogP contribution is 2.32. The van der Waals surface area contributed by atoms with Gasteiger partial charge in [-0.05, 0) is 55.9 Å². The van der Waals surface area contributed by atoms with Crippen molar-refractivity contribution in [3.05, 3.63) is 24.3 Å². The Morgan fingerprint density at radius 3 is 2.13 bits per heavy atom. The lowest BCUT2D eigenvalue weighted by atomic mass is 9.94. The fourth-order valence-electron chi connectivity index (χ4n) is 5.49. The van der Waals surface area contributed by atoms with E-state index in [1.54, 1.807) is 7.11 Å². The molecule has 1 heterocycles. The van der Waals surface area contributed by atoms with E-state index in [2.05, 4.69) is 10.2 Å². The Hall–Kier alpha value is -2.08. The molecule has 6 nitrogen and oxygen atoms in total. The Labute approximate surface area is 179 Å². The van der Waals surface area contributed by atoms with Gasteiger partial charge in [-0.1, -0.05) is 25.7 Å². The zero-order valence-corrected chi connectivity index (χ0v) is 18.1. The number of carbonyl (C=O) groups is 2. The molecule has 4 rings (SSSR count). The molecule has 0 radical (unpaired) electrons. The van der Waals surface area contributed by atoms with Gasteiger partial charge in [0.05, 0.1) is 13.2 Å². The molecule has 0 spiro atoms. The molecule has 0 aromatic heterocycles. The average molecular weight is 414 g/mol. The molecule has 2 amide bonds. The van der Waals surface area contributed by atoms with E-state index in [4.69, 9.17) is 4.74 Å². The van der Waals surface area contributed by atoms with E-state index in [1.807, 2.05) is 29.2 Å². The van der Waals surface area contributed by atoms with Crippen molar-refractivity contribution in [1.82, 2.24) is 9.80 Å². The van der Waals surface area contributed by atoms with E-state index in [1.165, 1.54) is 25.7 Å². The molecule has 164 valence electrons. The predicted octanol–water partition coefficient (Wildman–Crippen LogP) is 3.53. The highest BCUT2D eigenvalue weighted by molar-refractivity contribution is 5.95. The molecule has 1 aliphatic heterocycles. The molecular weight excluding hydrogens is 378 g/mol. The van der Waals surface area contributed by atoms with E-state index in [9.17, 15) is 9.59 Å². The summed E-state index contributed by atoms with van der Waals surface area (Å²) in [5.41, 5.74) is 0.804. The Balaban J connectivity index is 1.39. The van der Waals surface area contributed by atoms with Crippen LogP contribution in [0.25, 0.3) is 0 Å². The first-order chi connectivity index (χ1) is 14.7. The van der Waals surface area contributed by atoms with Crippen molar-refractivity contribution in [1.29, 1.82) is 0 Å². The quantitative estimate of drug-likeness (QED) is 0.775. The molecule has 1 N–H and O–H groups in total. The fraction of sp³-hybridized carbons (Fsp3) is 0.667. The molecule has 3 aliphatic rings. The molecule has 0 unspecified atom stereocenters. The number of hydrogen-bond acceptors (Lipinski definition) is 4. The van der Waals surface area contributed by atoms with Crippen LogP contribution in [0.3, 0.4) is 0 Å². The Bertz CT molecular complexity index is 716. The normalized spacial score (nSPS) is 22.2. The van der Waals surface area contributed by atoms with Crippen LogP contribution in [0, 0.1) is 11.8 Å². The molecule has 1 atom stereocenters. The standard InChI is InChI=1S/C24H35N3O3/c1-30-21-12-10-20(11-13-21)25-23(28)22(18-6-2-3-7-18)26-14-16-27(17-15-26)24(29)19-8-4-5-9-19/h10-13,18-19,22H,2-9,14-17H2,1H3,(H,25,28)/t22-/m0/s1. The van der Waals surface area contributed by atoms with Crippen molar-refractivity contribution in [3.63, 3.8) is 0 Å². The van der Waals surface area contributed by atoms with E-state index >= 15 is 0 Å². The first-order valence-corrected chi connectivity index (χ1v) is 11.6. The van der Waals surface area contributed by atoms with E-state index < -0.39 is 0 Å². The number of methoxy groups -OCH3 is 1. The van der Waals surface area contributed by atoms with Gasteiger partial charge in [0.25, 0.3) is 0 Å². The maximum absolute atomic E-state index is 13.3. The SMILES string of the molecule is COc1ccc(NC(=O)[C@H](C2CCCC2)N2CCN(C(=O)C3CCCC3)CC2)cc1. The second-order valence-corrected chi connectivity index (χ2v) is 9.05. The number of benzene rings is 1. The van der Waals surface area contributed by atoms with Crippen molar-refractivity contribution >= 4 is 17.5 Å². The summed E-state index contributed by atoms with van der Waals surface area (Å²) in [7, 11) is 1.64. The Kier molecular flexibility index (Phi) is 6.93. The van der Waals surface area contributed by atoms with Crippen LogP contribution >= 0.6 is 0 Å². The monoisotopic (exact) mass is 413 g/mol. The zero-order valence-electron chi connectivity index (χ0n) is 18.1. The average Bonchev–Trinajstić information content (AvgIpc) is 3.49. The third kappa shape index (κ3) is 4.80. The fourth-order valence-corrected chi connectivity index (χ4v) is 5.49. The molecule has 6 heteroatoms. The summed E-state index contributed by atoms with van der Waals surface area (Å²) >= 11 is 0. The van der Waals surface area contributed by atoms with E-state index in [0.29, 0.717) is 11.8 Å². The number of nitrogens with zero attached hydrogens (tertiary/aromatic N) is 2. The lowest BCUT2D eigenvalue weighted by Crippen LogP contribution is -2.57. The van der Waals surface area contributed by atoms with Crippen LogP contribution < -0.4 is 10.1 Å². The molecule has 3 fully saturated rings. The van der Waals surface area contributed by atoms with Crippen molar-refractivity contribution < 1.29 is 14.3 Å². The minimum atomic E-state index is -0.113. The summed E-state index contributed by atoms with van der Waals surface area (Å²) in [4.78, 5) is 30.5. The van der Waals surface area contributed by atoms with Crippen LogP contribution in [0.5, 0.6) is 5.75 Å². The van der Waals surface area contributed by atoms with E-state index in [0.717, 1.165) is 63.3 Å². The number of amides is 2. The Morgan fingerprint density at radius 1 is 0.933 bits per heavy atom. The van der Waals surface area contributed by atoms with Crippen LogP contribution in [0.4, 0.5) is 5.69 Å². The van der Waals surface area contributed by atoms with Crippen molar-refractivity contribution in [3.8, 4) is 5.75 Å². The van der Waals surface area contributed by atoms with Gasteiger partial charge in [-0.15, -0.1) is 0 Å². The molecule has 1 aromatic carbocycles. The molecule has 0 bridgehead atoms. The van der Waals surface area contributed by atoms with Crippen LogP contribution in [0.2, 0.25) is 0 Å². The highest BCUT2D eigenvalue weighted by atomic mass is 16.5. The number of piperazine rings is 1. The third-order valence-electron chi connectivity index (χ3n) is 7.20. The molecule has 1 saturated heterocycles. The number of hydrogen-bond donors (Lipinski definition) is 1. The maximum atomic E-state index is 13.3. The van der Waals surface area contributed by atoms with Crippen molar-refractivity contribution in [2.45, 2.75) is 57.4 Å². The summed E-state index contributed by atoms with van der Waals surface area (Å²) in [5, 5.41) is 3.13. The van der Waals surface area contributed by atoms with Gasteiger partial charge in [0.1, 0.15) is 5.75 Å². The van der Waals surface area contributed by atoms with Gasteiger partial charge >= 0.3 is 0 Å². The second-order valence-electron chi connectivity index (χ2n) is 9.05. The van der Waals surface area contributed by atoms with Crippen molar-refractivity contribution in [2.24, 2.45) is 11.8 Å². The van der Waals surface area contributed by atoms with Gasteiger partial charge in [-0.25, -0.2) is 0 Å². The molecule has 1 aromatic rings. The largest absolute Gasteiger partial charge is 0.497 e. The van der Waals surface area contributed by atoms with E-state index in [-0.39, 0.29) is 17.9 Å². The molecule has 30 heavy (non-hydrogen) atoms. The topological polar surface area (TPSA) is 61.9 Å². The highest BCUT2D eigenvalue weighted by Gasteiger charge is 2.38. The van der Waals surface area contributed by atoms with Crippen LogP contribution in [-0.2, 0) is 9.59 Å². The Morgan fingerprint density at radius 2 is 1.53 bits per heavy atom. The lowest BCUT2D eigenvalue weighted by Gasteiger charge is -2.41. The maximum Gasteiger partial charge on any atom is 0.242 e. The van der Waals surface area contributed by atoms with Gasteiger partial charge in [-0.3, -0.25) is 14.5 Å². The summed E-state index contributed by atoms with van der Waals surface area (Å²) in [6.45, 7) is 3.06. The van der Waals surface area contributed by atoms with Crippen LogP contribution in [0.1, 0.15) is 51.4 Å². The summed E-state index contributed by atoms with van der Waals surface area (Å²) in [5.74, 6) is 1.85. The predicted molar refractivity (Wildman–Crippen MR) is 117 cm³/mol. The first kappa shape index (κ1) is 21.2. The number of rotatable bonds is 6. The summed E-state index contributed by atoms with van der Waals surface area (Å²) in [6.07, 6.45) is 9.11. The summed E-state index contributed by atoms with van der Waals surface area (Å²) < 4.78 is 5.21. The van der Waals surface area contributed by atoms with Crippen LogP contribution in [-0.4, -0.2) is 60.9 Å². The van der Waals surface area contributed by atoms with Gasteiger partial charge in [0.2, 0.25) is 11.8 Å². The van der Waals surface area contributed by atoms with Crippen LogP contribution in [0.15, 0.2) is 24.3 Å². The molecular formula is C24H35N3O3. The van der Waals surface area contributed by atoms with Gasteiger partial charge in [0, 0.05) is 37.8 Å². The smallest absolute Gasteiger partial charge is 0.242 e. The second kappa shape index (κ2) is 9.82. The first-order valence-electron chi connectivity index (χ1n) is 11.6. The third-order valence-corrected chi connectivity index (χ3v) is 7.20. The molecule has 2 saturated carbocycles. The zero-order chi connectivity index (χ0) is 20.9. The number of nitrogens with one attached hydrogen (secondary N) is 1. The molecule has 2 aliphatic carbocycles. The summed E-state index contributed by atoms with van der Waals surface area (Å²) in [6, 6.07) is 7.40. The van der Waals surface area contributed by atoms with Gasteiger partial charge in [0.15, 0.2) is 0 Å². The van der Waals surface area contributed by atoms with Crippen molar-refractivity contribution in [2.75, 3.05) is 38.6 Å². The minimum Gasteiger partial charge on any atom is -0.497 e.